The molecule has 1 aromatic carbocycles. The summed E-state index contributed by atoms with van der Waals surface area (Å²) < 4.78 is 34.9. The first kappa shape index (κ1) is 11.4. The second-order valence-corrected chi connectivity index (χ2v) is 2.86. The molecule has 1 unspecified atom stereocenters. The summed E-state index contributed by atoms with van der Waals surface area (Å²) in [6.07, 6.45) is -0.935. The Kier molecular flexibility index (Phi) is 3.60. The van der Waals surface area contributed by atoms with Crippen LogP contribution in [0, 0.1) is 11.6 Å². The van der Waals surface area contributed by atoms with Gasteiger partial charge in [-0.2, -0.15) is 0 Å². The number of esters is 1. The summed E-state index contributed by atoms with van der Waals surface area (Å²) in [5.41, 5.74) is 0. The summed E-state index contributed by atoms with van der Waals surface area (Å²) in [5.74, 6) is -2.37. The number of hydrogen-bond donors (Lipinski definition) is 0. The summed E-state index contributed by atoms with van der Waals surface area (Å²) in [5, 5.41) is 0. The van der Waals surface area contributed by atoms with E-state index < -0.39 is 23.7 Å². The lowest BCUT2D eigenvalue weighted by atomic mass is 10.3. The predicted octanol–water partition coefficient (Wildman–Crippen LogP) is 1.91. The van der Waals surface area contributed by atoms with Crippen molar-refractivity contribution in [2.24, 2.45) is 0 Å². The van der Waals surface area contributed by atoms with Crippen LogP contribution < -0.4 is 4.74 Å². The molecule has 1 atom stereocenters. The fourth-order valence-corrected chi connectivity index (χ4v) is 0.975. The van der Waals surface area contributed by atoms with E-state index in [1.54, 1.807) is 0 Å². The van der Waals surface area contributed by atoms with Crippen molar-refractivity contribution >= 4 is 5.97 Å². The summed E-state index contributed by atoms with van der Waals surface area (Å²) in [6, 6.07) is 2.84. The predicted molar refractivity (Wildman–Crippen MR) is 48.5 cm³/mol. The van der Waals surface area contributed by atoms with Gasteiger partial charge >= 0.3 is 5.97 Å². The minimum absolute atomic E-state index is 0.186. The quantitative estimate of drug-likeness (QED) is 0.724. The first-order valence-corrected chi connectivity index (χ1v) is 4.24. The molecule has 1 rings (SSSR count). The number of halogens is 2. The minimum atomic E-state index is -0.935. The third kappa shape index (κ3) is 2.90. The monoisotopic (exact) mass is 216 g/mol. The number of hydrogen-bond acceptors (Lipinski definition) is 3. The highest BCUT2D eigenvalue weighted by Crippen LogP contribution is 2.19. The van der Waals surface area contributed by atoms with Gasteiger partial charge in [0.25, 0.3) is 0 Å². The molecule has 3 nitrogen and oxygen atoms in total. The van der Waals surface area contributed by atoms with E-state index in [0.717, 1.165) is 12.1 Å². The van der Waals surface area contributed by atoms with Gasteiger partial charge in [-0.15, -0.1) is 0 Å². The SMILES string of the molecule is COC(=O)C(C)Oc1ccc(F)cc1F. The maximum absolute atomic E-state index is 13.1. The Morgan fingerprint density at radius 2 is 2.07 bits per heavy atom. The second-order valence-electron chi connectivity index (χ2n) is 2.86. The maximum Gasteiger partial charge on any atom is 0.346 e. The average Bonchev–Trinajstić information content (AvgIpc) is 2.20. The number of benzene rings is 1. The van der Waals surface area contributed by atoms with E-state index in [9.17, 15) is 13.6 Å². The molecule has 0 saturated heterocycles. The first-order chi connectivity index (χ1) is 7.04. The van der Waals surface area contributed by atoms with Gasteiger partial charge in [0.05, 0.1) is 7.11 Å². The Hall–Kier alpha value is -1.65. The molecule has 0 spiro atoms. The van der Waals surface area contributed by atoms with Crippen molar-refractivity contribution in [3.63, 3.8) is 0 Å². The molecule has 0 aromatic heterocycles. The van der Waals surface area contributed by atoms with E-state index in [2.05, 4.69) is 4.74 Å². The van der Waals surface area contributed by atoms with Crippen LogP contribution in [0.1, 0.15) is 6.92 Å². The summed E-state index contributed by atoms with van der Waals surface area (Å²) >= 11 is 0. The number of carbonyl (C=O) groups excluding carboxylic acids is 1. The molecule has 0 heterocycles. The van der Waals surface area contributed by atoms with Crippen molar-refractivity contribution < 1.29 is 23.0 Å². The van der Waals surface area contributed by atoms with E-state index in [0.29, 0.717) is 6.07 Å². The van der Waals surface area contributed by atoms with Crippen LogP contribution in [-0.2, 0) is 9.53 Å². The standard InChI is InChI=1S/C10H10F2O3/c1-6(10(13)14-2)15-9-4-3-7(11)5-8(9)12/h3-6H,1-2H3. The smallest absolute Gasteiger partial charge is 0.346 e. The Morgan fingerprint density at radius 3 is 2.60 bits per heavy atom. The first-order valence-electron chi connectivity index (χ1n) is 4.24. The molecule has 1 aromatic rings. The number of ether oxygens (including phenoxy) is 2. The summed E-state index contributed by atoms with van der Waals surface area (Å²) in [4.78, 5) is 11.0. The highest BCUT2D eigenvalue weighted by Gasteiger charge is 2.16. The van der Waals surface area contributed by atoms with Crippen molar-refractivity contribution in [2.45, 2.75) is 13.0 Å². The van der Waals surface area contributed by atoms with Gasteiger partial charge in [-0.05, 0) is 19.1 Å². The molecule has 0 bridgehead atoms. The molecule has 0 radical (unpaired) electrons. The van der Waals surface area contributed by atoms with Crippen molar-refractivity contribution in [3.05, 3.63) is 29.8 Å². The molecule has 0 saturated carbocycles. The molecule has 0 N–H and O–H groups in total. The summed E-state index contributed by atoms with van der Waals surface area (Å²) in [6.45, 7) is 1.41. The van der Waals surface area contributed by atoms with Crippen LogP contribution in [-0.4, -0.2) is 19.2 Å². The van der Waals surface area contributed by atoms with Crippen LogP contribution in [0.3, 0.4) is 0 Å². The summed E-state index contributed by atoms with van der Waals surface area (Å²) in [7, 11) is 1.20. The van der Waals surface area contributed by atoms with Gasteiger partial charge in [0.1, 0.15) is 5.82 Å². The Balaban J connectivity index is 2.76. The third-order valence-corrected chi connectivity index (χ3v) is 1.73. The topological polar surface area (TPSA) is 35.5 Å². The van der Waals surface area contributed by atoms with Gasteiger partial charge in [-0.25, -0.2) is 13.6 Å². The Labute approximate surface area is 85.6 Å². The molecule has 0 fully saturated rings. The van der Waals surface area contributed by atoms with Gasteiger partial charge in [-0.1, -0.05) is 0 Å². The molecule has 0 aliphatic heterocycles. The zero-order chi connectivity index (χ0) is 11.4. The average molecular weight is 216 g/mol. The lowest BCUT2D eigenvalue weighted by Crippen LogP contribution is -2.25. The number of rotatable bonds is 3. The zero-order valence-corrected chi connectivity index (χ0v) is 8.29. The fraction of sp³-hybridized carbons (Fsp3) is 0.300. The van der Waals surface area contributed by atoms with Crippen molar-refractivity contribution in [1.82, 2.24) is 0 Å². The van der Waals surface area contributed by atoms with Gasteiger partial charge in [0, 0.05) is 6.07 Å². The van der Waals surface area contributed by atoms with Crippen LogP contribution >= 0.6 is 0 Å². The van der Waals surface area contributed by atoms with Crippen LogP contribution in [0.5, 0.6) is 5.75 Å². The number of methoxy groups -OCH3 is 1. The van der Waals surface area contributed by atoms with Gasteiger partial charge in [0.15, 0.2) is 17.7 Å². The molecule has 5 heteroatoms. The molecular weight excluding hydrogens is 206 g/mol. The van der Waals surface area contributed by atoms with E-state index in [1.807, 2.05) is 0 Å². The third-order valence-electron chi connectivity index (χ3n) is 1.73. The van der Waals surface area contributed by atoms with E-state index >= 15 is 0 Å². The number of carbonyl (C=O) groups is 1. The molecule has 0 amide bonds. The van der Waals surface area contributed by atoms with Crippen molar-refractivity contribution in [2.75, 3.05) is 7.11 Å². The minimum Gasteiger partial charge on any atom is -0.476 e. The van der Waals surface area contributed by atoms with Crippen molar-refractivity contribution in [1.29, 1.82) is 0 Å². The van der Waals surface area contributed by atoms with E-state index in [4.69, 9.17) is 4.74 Å². The maximum atomic E-state index is 13.1. The van der Waals surface area contributed by atoms with Crippen LogP contribution in [0.2, 0.25) is 0 Å². The Morgan fingerprint density at radius 1 is 1.40 bits per heavy atom. The molecule has 15 heavy (non-hydrogen) atoms. The second kappa shape index (κ2) is 4.72. The largest absolute Gasteiger partial charge is 0.476 e. The van der Waals surface area contributed by atoms with Crippen LogP contribution in [0.25, 0.3) is 0 Å². The van der Waals surface area contributed by atoms with Crippen LogP contribution in [0.4, 0.5) is 8.78 Å². The van der Waals surface area contributed by atoms with Crippen LogP contribution in [0.15, 0.2) is 18.2 Å². The van der Waals surface area contributed by atoms with E-state index in [-0.39, 0.29) is 5.75 Å². The molecule has 0 aliphatic rings. The fourth-order valence-electron chi connectivity index (χ4n) is 0.975. The molecule has 0 aliphatic carbocycles. The van der Waals surface area contributed by atoms with Gasteiger partial charge in [0.2, 0.25) is 0 Å². The normalized spacial score (nSPS) is 12.0. The molecule has 82 valence electrons. The Bertz CT molecular complexity index is 366. The lowest BCUT2D eigenvalue weighted by molar-refractivity contribution is -0.148. The van der Waals surface area contributed by atoms with Crippen molar-refractivity contribution in [3.8, 4) is 5.75 Å². The highest BCUT2D eigenvalue weighted by molar-refractivity contribution is 5.74. The van der Waals surface area contributed by atoms with Gasteiger partial charge in [-0.3, -0.25) is 0 Å². The highest BCUT2D eigenvalue weighted by atomic mass is 19.1. The van der Waals surface area contributed by atoms with Gasteiger partial charge < -0.3 is 9.47 Å². The zero-order valence-electron chi connectivity index (χ0n) is 8.29. The lowest BCUT2D eigenvalue weighted by Gasteiger charge is -2.12. The van der Waals surface area contributed by atoms with E-state index in [1.165, 1.54) is 14.0 Å². The molecular formula is C10H10F2O3.